The Kier molecular flexibility index (Phi) is 3.83. The molecule has 4 heteroatoms. The normalized spacial score (nSPS) is 10.2. The van der Waals surface area contributed by atoms with Crippen LogP contribution < -0.4 is 0 Å². The fourth-order valence-electron chi connectivity index (χ4n) is 1.54. The second-order valence-electron chi connectivity index (χ2n) is 3.39. The highest BCUT2D eigenvalue weighted by Gasteiger charge is 2.15. The number of carbonyl (C=O) groups excluding carboxylic acids is 1. The highest BCUT2D eigenvalue weighted by molar-refractivity contribution is 14.1. The molecule has 0 aliphatic carbocycles. The van der Waals surface area contributed by atoms with Crippen molar-refractivity contribution in [2.75, 3.05) is 6.61 Å². The van der Waals surface area contributed by atoms with Gasteiger partial charge in [-0.15, -0.1) is 0 Å². The van der Waals surface area contributed by atoms with E-state index >= 15 is 0 Å². The lowest BCUT2D eigenvalue weighted by Gasteiger charge is -2.07. The maximum atomic E-state index is 11.8. The first-order valence-corrected chi connectivity index (χ1v) is 6.30. The molecule has 0 saturated carbocycles. The van der Waals surface area contributed by atoms with E-state index in [2.05, 4.69) is 22.6 Å². The van der Waals surface area contributed by atoms with E-state index in [-0.39, 0.29) is 5.97 Å². The molecule has 17 heavy (non-hydrogen) atoms. The Morgan fingerprint density at radius 3 is 2.88 bits per heavy atom. The molecular formula is C13H11IO3. The first kappa shape index (κ1) is 12.2. The zero-order chi connectivity index (χ0) is 12.3. The molecule has 0 aliphatic rings. The summed E-state index contributed by atoms with van der Waals surface area (Å²) in [5.74, 6) is 0.349. The van der Waals surface area contributed by atoms with Gasteiger partial charge in [-0.2, -0.15) is 0 Å². The van der Waals surface area contributed by atoms with Crippen LogP contribution in [0.5, 0.6) is 0 Å². The molecule has 0 N–H and O–H groups in total. The van der Waals surface area contributed by atoms with E-state index in [1.54, 1.807) is 25.3 Å². The van der Waals surface area contributed by atoms with Gasteiger partial charge in [0.1, 0.15) is 5.76 Å². The van der Waals surface area contributed by atoms with Crippen molar-refractivity contribution in [1.29, 1.82) is 0 Å². The Labute approximate surface area is 113 Å². The molecule has 2 rings (SSSR count). The molecule has 0 saturated heterocycles. The maximum absolute atomic E-state index is 11.8. The van der Waals surface area contributed by atoms with Gasteiger partial charge in [-0.05, 0) is 59.8 Å². The highest BCUT2D eigenvalue weighted by Crippen LogP contribution is 2.26. The van der Waals surface area contributed by atoms with Crippen molar-refractivity contribution >= 4 is 28.6 Å². The lowest BCUT2D eigenvalue weighted by molar-refractivity contribution is 0.0527. The van der Waals surface area contributed by atoms with E-state index in [0.29, 0.717) is 17.9 Å². The molecule has 0 bridgehead atoms. The third-order valence-electron chi connectivity index (χ3n) is 2.26. The van der Waals surface area contributed by atoms with Crippen LogP contribution in [0.25, 0.3) is 11.3 Å². The molecule has 88 valence electrons. The third kappa shape index (κ3) is 2.69. The number of carbonyl (C=O) groups is 1. The number of hydrogen-bond donors (Lipinski definition) is 0. The van der Waals surface area contributed by atoms with Crippen LogP contribution in [0.3, 0.4) is 0 Å². The SMILES string of the molecule is CCOC(=O)c1cc(I)ccc1-c1ccco1. The number of ether oxygens (including phenoxy) is 1. The van der Waals surface area contributed by atoms with Crippen LogP contribution in [0.1, 0.15) is 17.3 Å². The van der Waals surface area contributed by atoms with Crippen LogP contribution in [0.15, 0.2) is 41.0 Å². The summed E-state index contributed by atoms with van der Waals surface area (Å²) in [4.78, 5) is 11.8. The average molecular weight is 342 g/mol. The third-order valence-corrected chi connectivity index (χ3v) is 2.93. The molecule has 0 atom stereocenters. The van der Waals surface area contributed by atoms with E-state index in [0.717, 1.165) is 9.13 Å². The zero-order valence-corrected chi connectivity index (χ0v) is 11.4. The summed E-state index contributed by atoms with van der Waals surface area (Å²) in [6, 6.07) is 9.22. The minimum absolute atomic E-state index is 0.322. The molecule has 2 aromatic rings. The quantitative estimate of drug-likeness (QED) is 0.630. The summed E-state index contributed by atoms with van der Waals surface area (Å²) in [7, 11) is 0. The second-order valence-corrected chi connectivity index (χ2v) is 4.63. The molecule has 1 aromatic carbocycles. The molecule has 3 nitrogen and oxygen atoms in total. The number of rotatable bonds is 3. The van der Waals surface area contributed by atoms with Gasteiger partial charge in [0.05, 0.1) is 18.4 Å². The monoisotopic (exact) mass is 342 g/mol. The second kappa shape index (κ2) is 5.35. The van der Waals surface area contributed by atoms with Crippen molar-refractivity contribution in [2.24, 2.45) is 0 Å². The van der Waals surface area contributed by atoms with Gasteiger partial charge in [-0.1, -0.05) is 0 Å². The van der Waals surface area contributed by atoms with Crippen molar-refractivity contribution in [2.45, 2.75) is 6.92 Å². The molecule has 0 aliphatic heterocycles. The largest absolute Gasteiger partial charge is 0.464 e. The van der Waals surface area contributed by atoms with Crippen LogP contribution in [0.2, 0.25) is 0 Å². The summed E-state index contributed by atoms with van der Waals surface area (Å²) in [6.07, 6.45) is 1.59. The molecule has 0 unspecified atom stereocenters. The van der Waals surface area contributed by atoms with Crippen LogP contribution in [0, 0.1) is 3.57 Å². The first-order chi connectivity index (χ1) is 8.22. The number of benzene rings is 1. The predicted octanol–water partition coefficient (Wildman–Crippen LogP) is 3.73. The van der Waals surface area contributed by atoms with Crippen molar-refractivity contribution in [3.63, 3.8) is 0 Å². The minimum atomic E-state index is -0.322. The Balaban J connectivity index is 2.48. The Morgan fingerprint density at radius 2 is 2.24 bits per heavy atom. The van der Waals surface area contributed by atoms with Crippen molar-refractivity contribution in [3.8, 4) is 11.3 Å². The molecule has 0 amide bonds. The van der Waals surface area contributed by atoms with Gasteiger partial charge in [0.2, 0.25) is 0 Å². The van der Waals surface area contributed by atoms with Crippen molar-refractivity contribution < 1.29 is 13.9 Å². The van der Waals surface area contributed by atoms with Crippen molar-refractivity contribution in [3.05, 3.63) is 45.7 Å². The van der Waals surface area contributed by atoms with Gasteiger partial charge in [0.15, 0.2) is 0 Å². The molecule has 0 spiro atoms. The fraction of sp³-hybridized carbons (Fsp3) is 0.154. The van der Waals surface area contributed by atoms with Crippen LogP contribution >= 0.6 is 22.6 Å². The Morgan fingerprint density at radius 1 is 1.41 bits per heavy atom. The Hall–Kier alpha value is -1.30. The van der Waals surface area contributed by atoms with Gasteiger partial charge in [0.25, 0.3) is 0 Å². The van der Waals surface area contributed by atoms with Crippen molar-refractivity contribution in [1.82, 2.24) is 0 Å². The first-order valence-electron chi connectivity index (χ1n) is 5.23. The molecule has 1 heterocycles. The van der Waals surface area contributed by atoms with Gasteiger partial charge in [-0.3, -0.25) is 0 Å². The predicted molar refractivity (Wildman–Crippen MR) is 72.8 cm³/mol. The van der Waals surface area contributed by atoms with Crippen LogP contribution in [-0.2, 0) is 4.74 Å². The fourth-order valence-corrected chi connectivity index (χ4v) is 2.03. The molecule has 0 fully saturated rings. The topological polar surface area (TPSA) is 39.4 Å². The summed E-state index contributed by atoms with van der Waals surface area (Å²) in [6.45, 7) is 2.15. The standard InChI is InChI=1S/C13H11IO3/c1-2-16-13(15)11-8-9(14)5-6-10(11)12-4-3-7-17-12/h3-8H,2H2,1H3. The lowest BCUT2D eigenvalue weighted by atomic mass is 10.1. The smallest absolute Gasteiger partial charge is 0.338 e. The van der Waals surface area contributed by atoms with E-state index in [9.17, 15) is 4.79 Å². The van der Waals surface area contributed by atoms with Gasteiger partial charge in [-0.25, -0.2) is 4.79 Å². The number of furan rings is 1. The number of hydrogen-bond acceptors (Lipinski definition) is 3. The molecule has 0 radical (unpaired) electrons. The lowest BCUT2D eigenvalue weighted by Crippen LogP contribution is -2.06. The summed E-state index contributed by atoms with van der Waals surface area (Å²) in [5.41, 5.74) is 1.29. The average Bonchev–Trinajstić information content (AvgIpc) is 2.82. The van der Waals surface area contributed by atoms with E-state index in [4.69, 9.17) is 9.15 Å². The summed E-state index contributed by atoms with van der Waals surface area (Å²) < 4.78 is 11.3. The summed E-state index contributed by atoms with van der Waals surface area (Å²) in [5, 5.41) is 0. The van der Waals surface area contributed by atoms with Crippen LogP contribution in [0.4, 0.5) is 0 Å². The van der Waals surface area contributed by atoms with E-state index in [1.807, 2.05) is 18.2 Å². The van der Waals surface area contributed by atoms with E-state index < -0.39 is 0 Å². The Bertz CT molecular complexity index is 517. The van der Waals surface area contributed by atoms with Gasteiger partial charge < -0.3 is 9.15 Å². The maximum Gasteiger partial charge on any atom is 0.338 e. The zero-order valence-electron chi connectivity index (χ0n) is 9.27. The number of halogens is 1. The van der Waals surface area contributed by atoms with Gasteiger partial charge in [0, 0.05) is 9.13 Å². The molecule has 1 aromatic heterocycles. The minimum Gasteiger partial charge on any atom is -0.464 e. The molecular weight excluding hydrogens is 331 g/mol. The summed E-state index contributed by atoms with van der Waals surface area (Å²) >= 11 is 2.16. The highest BCUT2D eigenvalue weighted by atomic mass is 127. The van der Waals surface area contributed by atoms with Crippen LogP contribution in [-0.4, -0.2) is 12.6 Å². The van der Waals surface area contributed by atoms with Gasteiger partial charge >= 0.3 is 5.97 Å². The number of esters is 1. The van der Waals surface area contributed by atoms with E-state index in [1.165, 1.54) is 0 Å².